The van der Waals surface area contributed by atoms with Crippen LogP contribution in [0.25, 0.3) is 0 Å². The third kappa shape index (κ3) is 4.12. The van der Waals surface area contributed by atoms with E-state index in [2.05, 4.69) is 5.32 Å². The van der Waals surface area contributed by atoms with Gasteiger partial charge in [0.2, 0.25) is 6.41 Å². The van der Waals surface area contributed by atoms with Crippen molar-refractivity contribution in [2.24, 2.45) is 0 Å². The summed E-state index contributed by atoms with van der Waals surface area (Å²) in [6.07, 6.45) is 0.0896. The van der Waals surface area contributed by atoms with Crippen LogP contribution in [0.5, 0.6) is 0 Å². The summed E-state index contributed by atoms with van der Waals surface area (Å²) in [5.74, 6) is 0. The maximum Gasteiger partial charge on any atom is 0.209 e. The maximum atomic E-state index is 10.5. The highest BCUT2D eigenvalue weighted by atomic mass is 35.5. The van der Waals surface area contributed by atoms with Gasteiger partial charge in [0.15, 0.2) is 6.23 Å². The Morgan fingerprint density at radius 3 is 2.69 bits per heavy atom. The Morgan fingerprint density at radius 2 is 2.25 bits per heavy atom. The van der Waals surface area contributed by atoms with E-state index in [0.717, 1.165) is 5.56 Å². The van der Waals surface area contributed by atoms with Crippen molar-refractivity contribution in [1.82, 2.24) is 5.32 Å². The molecule has 90 valence electrons. The fourth-order valence-corrected chi connectivity index (χ4v) is 2.26. The summed E-state index contributed by atoms with van der Waals surface area (Å²) in [6.45, 7) is 5.76. The summed E-state index contributed by atoms with van der Waals surface area (Å²) in [7, 11) is 0. The second-order valence-corrected chi connectivity index (χ2v) is 5.64. The molecule has 1 aromatic heterocycles. The van der Waals surface area contributed by atoms with Crippen LogP contribution < -0.4 is 5.32 Å². The molecule has 1 N–H and O–H groups in total. The molecule has 0 spiro atoms. The van der Waals surface area contributed by atoms with Crippen LogP contribution in [0.3, 0.4) is 0 Å². The van der Waals surface area contributed by atoms with Gasteiger partial charge in [-0.25, -0.2) is 0 Å². The molecule has 0 saturated heterocycles. The standard InChI is InChI=1S/C11H16ClNO2S/c1-11(2,3)15-10(13-7-14)9(12)8-4-5-16-6-8/h4-7,9-10H,1-3H3,(H,13,14). The molecule has 1 aromatic rings. The van der Waals surface area contributed by atoms with Crippen molar-refractivity contribution in [3.63, 3.8) is 0 Å². The fourth-order valence-electron chi connectivity index (χ4n) is 1.23. The van der Waals surface area contributed by atoms with Gasteiger partial charge in [-0.3, -0.25) is 4.79 Å². The number of carbonyl (C=O) groups excluding carboxylic acids is 1. The zero-order chi connectivity index (χ0) is 12.2. The van der Waals surface area contributed by atoms with Gasteiger partial charge in [0.25, 0.3) is 0 Å². The molecule has 0 saturated carbocycles. The van der Waals surface area contributed by atoms with Crippen LogP contribution >= 0.6 is 22.9 Å². The number of halogens is 1. The van der Waals surface area contributed by atoms with Crippen LogP contribution in [-0.2, 0) is 9.53 Å². The molecule has 2 atom stereocenters. The Hall–Kier alpha value is -0.580. The second-order valence-electron chi connectivity index (χ2n) is 4.39. The van der Waals surface area contributed by atoms with E-state index in [1.165, 1.54) is 0 Å². The van der Waals surface area contributed by atoms with E-state index >= 15 is 0 Å². The van der Waals surface area contributed by atoms with Gasteiger partial charge < -0.3 is 10.1 Å². The van der Waals surface area contributed by atoms with Gasteiger partial charge in [-0.2, -0.15) is 11.3 Å². The maximum absolute atomic E-state index is 10.5. The van der Waals surface area contributed by atoms with Crippen LogP contribution in [0.1, 0.15) is 31.7 Å². The van der Waals surface area contributed by atoms with Gasteiger partial charge in [0.05, 0.1) is 5.60 Å². The highest BCUT2D eigenvalue weighted by molar-refractivity contribution is 7.08. The topological polar surface area (TPSA) is 38.3 Å². The molecule has 0 aliphatic heterocycles. The Kier molecular flexibility index (Phi) is 4.77. The lowest BCUT2D eigenvalue weighted by Crippen LogP contribution is -2.40. The molecule has 1 rings (SSSR count). The zero-order valence-electron chi connectivity index (χ0n) is 9.57. The first kappa shape index (κ1) is 13.5. The van der Waals surface area contributed by atoms with E-state index in [0.29, 0.717) is 6.41 Å². The quantitative estimate of drug-likeness (QED) is 0.503. The number of ether oxygens (including phenoxy) is 1. The molecule has 0 fully saturated rings. The molecule has 0 aliphatic carbocycles. The van der Waals surface area contributed by atoms with Crippen molar-refractivity contribution < 1.29 is 9.53 Å². The number of amides is 1. The highest BCUT2D eigenvalue weighted by Gasteiger charge is 2.26. The number of carbonyl (C=O) groups is 1. The van der Waals surface area contributed by atoms with Crippen molar-refractivity contribution in [2.75, 3.05) is 0 Å². The Labute approximate surface area is 105 Å². The molecule has 0 bridgehead atoms. The normalized spacial score (nSPS) is 15.5. The largest absolute Gasteiger partial charge is 0.351 e. The van der Waals surface area contributed by atoms with Crippen LogP contribution in [0.2, 0.25) is 0 Å². The minimum Gasteiger partial charge on any atom is -0.351 e. The smallest absolute Gasteiger partial charge is 0.209 e. The molecule has 3 nitrogen and oxygen atoms in total. The lowest BCUT2D eigenvalue weighted by molar-refractivity contribution is -0.120. The van der Waals surface area contributed by atoms with Gasteiger partial charge in [-0.05, 0) is 43.2 Å². The molecule has 16 heavy (non-hydrogen) atoms. The lowest BCUT2D eigenvalue weighted by Gasteiger charge is -2.29. The predicted octanol–water partition coefficient (Wildman–Crippen LogP) is 2.92. The number of hydrogen-bond donors (Lipinski definition) is 1. The van der Waals surface area contributed by atoms with Crippen molar-refractivity contribution in [3.8, 4) is 0 Å². The first-order valence-corrected chi connectivity index (χ1v) is 6.35. The van der Waals surface area contributed by atoms with Gasteiger partial charge in [0, 0.05) is 0 Å². The van der Waals surface area contributed by atoms with E-state index in [1.807, 2.05) is 37.6 Å². The molecule has 1 heterocycles. The second kappa shape index (κ2) is 5.66. The number of thiophene rings is 1. The number of alkyl halides is 1. The predicted molar refractivity (Wildman–Crippen MR) is 66.7 cm³/mol. The van der Waals surface area contributed by atoms with E-state index < -0.39 is 6.23 Å². The van der Waals surface area contributed by atoms with Crippen molar-refractivity contribution in [1.29, 1.82) is 0 Å². The Bertz CT molecular complexity index is 321. The van der Waals surface area contributed by atoms with Crippen LogP contribution in [0.4, 0.5) is 0 Å². The molecule has 5 heteroatoms. The highest BCUT2D eigenvalue weighted by Crippen LogP contribution is 2.29. The van der Waals surface area contributed by atoms with Crippen molar-refractivity contribution in [2.45, 2.75) is 38.0 Å². The lowest BCUT2D eigenvalue weighted by atomic mass is 10.1. The number of hydrogen-bond acceptors (Lipinski definition) is 3. The third-order valence-electron chi connectivity index (χ3n) is 1.84. The van der Waals surface area contributed by atoms with Crippen molar-refractivity contribution in [3.05, 3.63) is 22.4 Å². The van der Waals surface area contributed by atoms with Crippen LogP contribution in [-0.4, -0.2) is 18.2 Å². The molecule has 1 amide bonds. The average molecular weight is 262 g/mol. The first-order chi connectivity index (χ1) is 7.44. The molecule has 0 aliphatic rings. The molecular weight excluding hydrogens is 246 g/mol. The number of rotatable bonds is 5. The average Bonchev–Trinajstić information content (AvgIpc) is 2.66. The third-order valence-corrected chi connectivity index (χ3v) is 3.02. The molecule has 2 unspecified atom stereocenters. The fraction of sp³-hybridized carbons (Fsp3) is 0.545. The van der Waals surface area contributed by atoms with Crippen LogP contribution in [0, 0.1) is 0 Å². The minimum atomic E-state index is -0.520. The SMILES string of the molecule is CC(C)(C)OC(NC=O)C(Cl)c1ccsc1. The number of nitrogens with one attached hydrogen (secondary N) is 1. The summed E-state index contributed by atoms with van der Waals surface area (Å²) in [5.41, 5.74) is 0.597. The molecule has 0 aromatic carbocycles. The summed E-state index contributed by atoms with van der Waals surface area (Å²) in [5, 5.41) is 6.11. The van der Waals surface area contributed by atoms with Gasteiger partial charge in [-0.1, -0.05) is 0 Å². The van der Waals surface area contributed by atoms with Gasteiger partial charge in [-0.15, -0.1) is 11.6 Å². The minimum absolute atomic E-state index is 0.357. The van der Waals surface area contributed by atoms with E-state index in [4.69, 9.17) is 16.3 Å². The van der Waals surface area contributed by atoms with Gasteiger partial charge in [0.1, 0.15) is 5.38 Å². The Morgan fingerprint density at radius 1 is 1.56 bits per heavy atom. The van der Waals surface area contributed by atoms with Crippen LogP contribution in [0.15, 0.2) is 16.8 Å². The van der Waals surface area contributed by atoms with E-state index in [9.17, 15) is 4.79 Å². The Balaban J connectivity index is 2.73. The first-order valence-electron chi connectivity index (χ1n) is 4.98. The van der Waals surface area contributed by atoms with E-state index in [1.54, 1.807) is 11.3 Å². The van der Waals surface area contributed by atoms with E-state index in [-0.39, 0.29) is 11.0 Å². The monoisotopic (exact) mass is 261 g/mol. The molecular formula is C11H16ClNO2S. The van der Waals surface area contributed by atoms with Crippen molar-refractivity contribution >= 4 is 29.3 Å². The summed E-state index contributed by atoms with van der Waals surface area (Å²) >= 11 is 7.82. The summed E-state index contributed by atoms with van der Waals surface area (Å²) in [6, 6.07) is 1.92. The van der Waals surface area contributed by atoms with Gasteiger partial charge >= 0.3 is 0 Å². The zero-order valence-corrected chi connectivity index (χ0v) is 11.1. The molecule has 0 radical (unpaired) electrons. The summed E-state index contributed by atoms with van der Waals surface area (Å²) in [4.78, 5) is 10.5. The summed E-state index contributed by atoms with van der Waals surface area (Å²) < 4.78 is 5.69.